The van der Waals surface area contributed by atoms with Crippen molar-refractivity contribution >= 4 is 0 Å². The molecule has 2 aromatic carbocycles. The molecule has 0 unspecified atom stereocenters. The molecule has 0 bridgehead atoms. The summed E-state index contributed by atoms with van der Waals surface area (Å²) in [5, 5.41) is 0. The highest BCUT2D eigenvalue weighted by Crippen LogP contribution is 2.22. The fourth-order valence-corrected chi connectivity index (χ4v) is 1.98. The van der Waals surface area contributed by atoms with Crippen LogP contribution in [-0.4, -0.2) is 13.7 Å². The quantitative estimate of drug-likeness (QED) is 0.782. The molecule has 2 nitrogen and oxygen atoms in total. The fraction of sp³-hybridized carbons (Fsp3) is 0.263. The zero-order valence-electron chi connectivity index (χ0n) is 13.1. The molecule has 0 saturated heterocycles. The number of halogens is 1. The SMILES string of the molecule is CCCOc1ccc(C#Cc2c(F)cc(C)cc2OC)cc1. The molecule has 2 rings (SSSR count). The van der Waals surface area contributed by atoms with E-state index in [-0.39, 0.29) is 11.4 Å². The Labute approximate surface area is 130 Å². The van der Waals surface area contributed by atoms with Gasteiger partial charge in [-0.1, -0.05) is 18.8 Å². The Kier molecular flexibility index (Phi) is 5.43. The Morgan fingerprint density at radius 3 is 2.45 bits per heavy atom. The molecular formula is C19H19FO2. The van der Waals surface area contributed by atoms with Crippen LogP contribution < -0.4 is 9.47 Å². The number of methoxy groups -OCH3 is 1. The van der Waals surface area contributed by atoms with E-state index >= 15 is 0 Å². The molecule has 22 heavy (non-hydrogen) atoms. The van der Waals surface area contributed by atoms with Gasteiger partial charge in [0, 0.05) is 5.56 Å². The van der Waals surface area contributed by atoms with Crippen molar-refractivity contribution in [2.24, 2.45) is 0 Å². The first-order valence-electron chi connectivity index (χ1n) is 7.23. The van der Waals surface area contributed by atoms with Gasteiger partial charge in [0.2, 0.25) is 0 Å². The zero-order chi connectivity index (χ0) is 15.9. The third-order valence-electron chi connectivity index (χ3n) is 3.08. The second-order valence-electron chi connectivity index (χ2n) is 4.95. The molecule has 0 amide bonds. The predicted octanol–water partition coefficient (Wildman–Crippen LogP) is 4.33. The molecule has 0 atom stereocenters. The molecule has 0 aromatic heterocycles. The maximum atomic E-state index is 14.0. The lowest BCUT2D eigenvalue weighted by Gasteiger charge is -2.06. The lowest BCUT2D eigenvalue weighted by molar-refractivity contribution is 0.317. The van der Waals surface area contributed by atoms with E-state index in [0.29, 0.717) is 12.4 Å². The number of aryl methyl sites for hydroxylation is 1. The lowest BCUT2D eigenvalue weighted by Crippen LogP contribution is -1.94. The van der Waals surface area contributed by atoms with Crippen molar-refractivity contribution in [3.63, 3.8) is 0 Å². The Balaban J connectivity index is 2.23. The predicted molar refractivity (Wildman–Crippen MR) is 85.9 cm³/mol. The van der Waals surface area contributed by atoms with Crippen LogP contribution in [0.2, 0.25) is 0 Å². The third-order valence-corrected chi connectivity index (χ3v) is 3.08. The molecule has 2 aromatic rings. The second-order valence-corrected chi connectivity index (χ2v) is 4.95. The first kappa shape index (κ1) is 15.9. The number of hydrogen-bond donors (Lipinski definition) is 0. The summed E-state index contributed by atoms with van der Waals surface area (Å²) in [6, 6.07) is 10.7. The standard InChI is InChI=1S/C19H19FO2/c1-4-11-22-16-8-5-15(6-9-16)7-10-17-18(20)12-14(2)13-19(17)21-3/h5-6,8-9,12-13H,4,11H2,1-3H3. The maximum absolute atomic E-state index is 14.0. The molecule has 0 fully saturated rings. The number of benzene rings is 2. The zero-order valence-corrected chi connectivity index (χ0v) is 13.1. The highest BCUT2D eigenvalue weighted by atomic mass is 19.1. The van der Waals surface area contributed by atoms with Gasteiger partial charge in [0.05, 0.1) is 13.7 Å². The van der Waals surface area contributed by atoms with Gasteiger partial charge in [-0.2, -0.15) is 0 Å². The molecule has 0 saturated carbocycles. The molecule has 0 aliphatic rings. The van der Waals surface area contributed by atoms with Crippen LogP contribution in [0, 0.1) is 24.6 Å². The molecule has 3 heteroatoms. The molecule has 0 radical (unpaired) electrons. The summed E-state index contributed by atoms with van der Waals surface area (Å²) in [5.74, 6) is 6.70. The van der Waals surface area contributed by atoms with Crippen molar-refractivity contribution in [3.8, 4) is 23.3 Å². The molecule has 0 aliphatic carbocycles. The second kappa shape index (κ2) is 7.51. The molecule has 0 spiro atoms. The van der Waals surface area contributed by atoms with Gasteiger partial charge in [-0.25, -0.2) is 4.39 Å². The topological polar surface area (TPSA) is 18.5 Å². The summed E-state index contributed by atoms with van der Waals surface area (Å²) in [5.41, 5.74) is 1.88. The van der Waals surface area contributed by atoms with Crippen LogP contribution in [0.4, 0.5) is 4.39 Å². The summed E-state index contributed by atoms with van der Waals surface area (Å²) in [6.45, 7) is 4.57. The fourth-order valence-electron chi connectivity index (χ4n) is 1.98. The monoisotopic (exact) mass is 298 g/mol. The minimum absolute atomic E-state index is 0.277. The summed E-state index contributed by atoms with van der Waals surface area (Å²) in [6.07, 6.45) is 0.966. The van der Waals surface area contributed by atoms with E-state index in [1.54, 1.807) is 6.07 Å². The van der Waals surface area contributed by atoms with Gasteiger partial charge >= 0.3 is 0 Å². The first-order valence-corrected chi connectivity index (χ1v) is 7.23. The van der Waals surface area contributed by atoms with Crippen LogP contribution in [0.5, 0.6) is 11.5 Å². The molecule has 114 valence electrons. The van der Waals surface area contributed by atoms with Crippen molar-refractivity contribution in [1.82, 2.24) is 0 Å². The van der Waals surface area contributed by atoms with Gasteiger partial charge in [-0.05, 0) is 55.3 Å². The molecular weight excluding hydrogens is 279 g/mol. The third kappa shape index (κ3) is 4.02. The summed E-state index contributed by atoms with van der Waals surface area (Å²) >= 11 is 0. The number of hydrogen-bond acceptors (Lipinski definition) is 2. The smallest absolute Gasteiger partial charge is 0.142 e. The van der Waals surface area contributed by atoms with Gasteiger partial charge in [-0.15, -0.1) is 0 Å². The van der Waals surface area contributed by atoms with E-state index < -0.39 is 0 Å². The molecule has 0 heterocycles. The van der Waals surface area contributed by atoms with Crippen molar-refractivity contribution in [3.05, 3.63) is 58.9 Å². The van der Waals surface area contributed by atoms with Crippen LogP contribution in [-0.2, 0) is 0 Å². The minimum atomic E-state index is -0.368. The highest BCUT2D eigenvalue weighted by molar-refractivity contribution is 5.52. The maximum Gasteiger partial charge on any atom is 0.142 e. The Hall–Kier alpha value is -2.47. The average Bonchev–Trinajstić information content (AvgIpc) is 2.52. The van der Waals surface area contributed by atoms with E-state index in [1.807, 2.05) is 31.2 Å². The largest absolute Gasteiger partial charge is 0.495 e. The van der Waals surface area contributed by atoms with Crippen LogP contribution in [0.25, 0.3) is 0 Å². The Morgan fingerprint density at radius 2 is 1.82 bits per heavy atom. The molecule has 0 N–H and O–H groups in total. The van der Waals surface area contributed by atoms with Gasteiger partial charge < -0.3 is 9.47 Å². The van der Waals surface area contributed by atoms with Crippen molar-refractivity contribution in [2.45, 2.75) is 20.3 Å². The first-order chi connectivity index (χ1) is 10.6. The van der Waals surface area contributed by atoms with Crippen molar-refractivity contribution in [1.29, 1.82) is 0 Å². The van der Waals surface area contributed by atoms with Crippen molar-refractivity contribution in [2.75, 3.05) is 13.7 Å². The average molecular weight is 298 g/mol. The van der Waals surface area contributed by atoms with Gasteiger partial charge in [0.1, 0.15) is 22.9 Å². The Bertz CT molecular complexity index is 694. The van der Waals surface area contributed by atoms with Gasteiger partial charge in [0.25, 0.3) is 0 Å². The number of rotatable bonds is 4. The van der Waals surface area contributed by atoms with E-state index in [0.717, 1.165) is 23.3 Å². The van der Waals surface area contributed by atoms with E-state index in [1.165, 1.54) is 13.2 Å². The van der Waals surface area contributed by atoms with Gasteiger partial charge in [0.15, 0.2) is 0 Å². The lowest BCUT2D eigenvalue weighted by atomic mass is 10.1. The Morgan fingerprint density at radius 1 is 1.09 bits per heavy atom. The minimum Gasteiger partial charge on any atom is -0.495 e. The van der Waals surface area contributed by atoms with Crippen LogP contribution in [0.1, 0.15) is 30.0 Å². The highest BCUT2D eigenvalue weighted by Gasteiger charge is 2.07. The van der Waals surface area contributed by atoms with E-state index in [4.69, 9.17) is 9.47 Å². The van der Waals surface area contributed by atoms with Gasteiger partial charge in [-0.3, -0.25) is 0 Å². The summed E-state index contributed by atoms with van der Waals surface area (Å²) in [4.78, 5) is 0. The number of ether oxygens (including phenoxy) is 2. The van der Waals surface area contributed by atoms with Crippen LogP contribution in [0.15, 0.2) is 36.4 Å². The van der Waals surface area contributed by atoms with Crippen LogP contribution >= 0.6 is 0 Å². The normalized spacial score (nSPS) is 9.82. The summed E-state index contributed by atoms with van der Waals surface area (Å²) in [7, 11) is 1.51. The van der Waals surface area contributed by atoms with E-state index in [2.05, 4.69) is 18.8 Å². The van der Waals surface area contributed by atoms with Crippen molar-refractivity contribution < 1.29 is 13.9 Å². The summed E-state index contributed by atoms with van der Waals surface area (Å²) < 4.78 is 24.7. The van der Waals surface area contributed by atoms with E-state index in [9.17, 15) is 4.39 Å². The molecule has 0 aliphatic heterocycles. The van der Waals surface area contributed by atoms with Crippen LogP contribution in [0.3, 0.4) is 0 Å².